The normalized spacial score (nSPS) is 17.6. The topological polar surface area (TPSA) is 58.1 Å². The first-order valence-electron chi connectivity index (χ1n) is 7.88. The minimum absolute atomic E-state index is 0.236. The van der Waals surface area contributed by atoms with Gasteiger partial charge in [0.05, 0.1) is 10.7 Å². The third-order valence-electron chi connectivity index (χ3n) is 4.04. The van der Waals surface area contributed by atoms with Gasteiger partial charge in [-0.05, 0) is 49.1 Å². The number of rotatable bonds is 3. The Morgan fingerprint density at radius 3 is 2.79 bits per heavy atom. The lowest BCUT2D eigenvalue weighted by Gasteiger charge is -2.31. The molecule has 1 aliphatic heterocycles. The molecule has 3 rings (SSSR count). The van der Waals surface area contributed by atoms with Crippen LogP contribution in [0.25, 0.3) is 0 Å². The number of nitrogens with one attached hydrogen (secondary N) is 1. The van der Waals surface area contributed by atoms with E-state index in [0.29, 0.717) is 21.7 Å². The van der Waals surface area contributed by atoms with Gasteiger partial charge in [0.25, 0.3) is 5.91 Å². The van der Waals surface area contributed by atoms with E-state index in [1.165, 1.54) is 6.42 Å². The number of nitrogens with zero attached hydrogens (tertiary/aromatic N) is 3. The Balaban J connectivity index is 1.70. The smallest absolute Gasteiger partial charge is 0.276 e. The Bertz CT molecular complexity index is 736. The van der Waals surface area contributed by atoms with Gasteiger partial charge in [0.15, 0.2) is 11.5 Å². The van der Waals surface area contributed by atoms with Crippen molar-refractivity contribution in [2.45, 2.75) is 19.8 Å². The molecule has 24 heavy (non-hydrogen) atoms. The molecule has 7 heteroatoms. The average molecular weight is 365 g/mol. The maximum Gasteiger partial charge on any atom is 0.276 e. The summed E-state index contributed by atoms with van der Waals surface area (Å²) in [5.41, 5.74) is 0.685. The molecule has 2 aromatic rings. The highest BCUT2D eigenvalue weighted by Crippen LogP contribution is 2.26. The second kappa shape index (κ2) is 7.36. The van der Waals surface area contributed by atoms with Gasteiger partial charge in [-0.1, -0.05) is 30.1 Å². The van der Waals surface area contributed by atoms with Gasteiger partial charge in [0.1, 0.15) is 0 Å². The van der Waals surface area contributed by atoms with E-state index in [9.17, 15) is 4.79 Å². The van der Waals surface area contributed by atoms with Crippen molar-refractivity contribution in [1.29, 1.82) is 0 Å². The summed E-state index contributed by atoms with van der Waals surface area (Å²) in [5.74, 6) is 1.08. The SMILES string of the molecule is CC1CCCN(c2ccc(C(=O)Nc3cc(Cl)ccc3Cl)nn2)C1. The summed E-state index contributed by atoms with van der Waals surface area (Å²) in [4.78, 5) is 14.5. The first-order chi connectivity index (χ1) is 11.5. The van der Waals surface area contributed by atoms with Gasteiger partial charge in [0.2, 0.25) is 0 Å². The third kappa shape index (κ3) is 3.97. The van der Waals surface area contributed by atoms with E-state index in [1.807, 2.05) is 6.07 Å². The van der Waals surface area contributed by atoms with Crippen molar-refractivity contribution in [3.63, 3.8) is 0 Å². The zero-order chi connectivity index (χ0) is 17.1. The summed E-state index contributed by atoms with van der Waals surface area (Å²) in [7, 11) is 0. The fourth-order valence-corrected chi connectivity index (χ4v) is 3.13. The van der Waals surface area contributed by atoms with Crippen LogP contribution in [0.15, 0.2) is 30.3 Å². The molecule has 126 valence electrons. The number of hydrogen-bond donors (Lipinski definition) is 1. The molecule has 0 spiro atoms. The number of hydrogen-bond acceptors (Lipinski definition) is 4. The zero-order valence-electron chi connectivity index (χ0n) is 13.3. The van der Waals surface area contributed by atoms with Gasteiger partial charge >= 0.3 is 0 Å². The molecule has 1 N–H and O–H groups in total. The standard InChI is InChI=1S/C17H18Cl2N4O/c1-11-3-2-8-23(10-11)16-7-6-14(21-22-16)17(24)20-15-9-12(18)4-5-13(15)19/h4-7,9,11H,2-3,8,10H2,1H3,(H,20,24). The highest BCUT2D eigenvalue weighted by molar-refractivity contribution is 6.35. The van der Waals surface area contributed by atoms with Gasteiger partial charge in [-0.25, -0.2) is 0 Å². The van der Waals surface area contributed by atoms with Crippen LogP contribution in [0.2, 0.25) is 10.0 Å². The zero-order valence-corrected chi connectivity index (χ0v) is 14.8. The Kier molecular flexibility index (Phi) is 5.21. The van der Waals surface area contributed by atoms with E-state index in [-0.39, 0.29) is 11.6 Å². The summed E-state index contributed by atoms with van der Waals surface area (Å²) in [6.45, 7) is 4.18. The molecule has 2 heterocycles. The van der Waals surface area contributed by atoms with E-state index in [2.05, 4.69) is 27.3 Å². The van der Waals surface area contributed by atoms with E-state index in [0.717, 1.165) is 25.3 Å². The summed E-state index contributed by atoms with van der Waals surface area (Å²) >= 11 is 12.0. The van der Waals surface area contributed by atoms with Crippen molar-refractivity contribution in [2.75, 3.05) is 23.3 Å². The summed E-state index contributed by atoms with van der Waals surface area (Å²) in [5, 5.41) is 11.9. The Labute approximate surface area is 151 Å². The minimum atomic E-state index is -0.370. The lowest BCUT2D eigenvalue weighted by molar-refractivity contribution is 0.102. The number of benzene rings is 1. The van der Waals surface area contributed by atoms with Crippen molar-refractivity contribution >= 4 is 40.6 Å². The second-order valence-electron chi connectivity index (χ2n) is 6.05. The van der Waals surface area contributed by atoms with Gasteiger partial charge in [-0.15, -0.1) is 10.2 Å². The number of amides is 1. The molecule has 0 radical (unpaired) electrons. The van der Waals surface area contributed by atoms with Crippen LogP contribution in [-0.4, -0.2) is 29.2 Å². The summed E-state index contributed by atoms with van der Waals surface area (Å²) < 4.78 is 0. The molecule has 0 saturated carbocycles. The van der Waals surface area contributed by atoms with Gasteiger partial charge in [-0.3, -0.25) is 4.79 Å². The molecule has 1 atom stereocenters. The molecule has 5 nitrogen and oxygen atoms in total. The van der Waals surface area contributed by atoms with Crippen LogP contribution >= 0.6 is 23.2 Å². The molecule has 1 aromatic heterocycles. The molecular formula is C17H18Cl2N4O. The summed E-state index contributed by atoms with van der Waals surface area (Å²) in [6, 6.07) is 8.40. The molecule has 1 saturated heterocycles. The number of carbonyl (C=O) groups excluding carboxylic acids is 1. The highest BCUT2D eigenvalue weighted by atomic mass is 35.5. The maximum atomic E-state index is 12.3. The average Bonchev–Trinajstić information content (AvgIpc) is 2.58. The fourth-order valence-electron chi connectivity index (χ4n) is 2.79. The van der Waals surface area contributed by atoms with E-state index in [1.54, 1.807) is 24.3 Å². The van der Waals surface area contributed by atoms with Crippen LogP contribution in [0.4, 0.5) is 11.5 Å². The number of anilines is 2. The lowest BCUT2D eigenvalue weighted by Crippen LogP contribution is -2.35. The summed E-state index contributed by atoms with van der Waals surface area (Å²) in [6.07, 6.45) is 2.39. The quantitative estimate of drug-likeness (QED) is 0.883. The predicted molar refractivity (Wildman–Crippen MR) is 97.1 cm³/mol. The van der Waals surface area contributed by atoms with Crippen LogP contribution in [0.3, 0.4) is 0 Å². The predicted octanol–water partition coefficient (Wildman–Crippen LogP) is 4.27. The largest absolute Gasteiger partial charge is 0.355 e. The number of aromatic nitrogens is 2. The molecule has 1 unspecified atom stereocenters. The van der Waals surface area contributed by atoms with Crippen molar-refractivity contribution in [2.24, 2.45) is 5.92 Å². The van der Waals surface area contributed by atoms with Gasteiger partial charge in [-0.2, -0.15) is 0 Å². The molecule has 1 aromatic carbocycles. The molecule has 1 aliphatic rings. The third-order valence-corrected chi connectivity index (χ3v) is 4.61. The van der Waals surface area contributed by atoms with Crippen LogP contribution in [0.5, 0.6) is 0 Å². The minimum Gasteiger partial charge on any atom is -0.355 e. The first kappa shape index (κ1) is 17.0. The van der Waals surface area contributed by atoms with Crippen molar-refractivity contribution in [3.8, 4) is 0 Å². The molecule has 0 aliphatic carbocycles. The Morgan fingerprint density at radius 2 is 2.08 bits per heavy atom. The van der Waals surface area contributed by atoms with Crippen LogP contribution in [0.1, 0.15) is 30.3 Å². The molecular weight excluding hydrogens is 347 g/mol. The van der Waals surface area contributed by atoms with Crippen LogP contribution < -0.4 is 10.2 Å². The molecule has 1 fully saturated rings. The number of carbonyl (C=O) groups is 1. The van der Waals surface area contributed by atoms with Crippen molar-refractivity contribution < 1.29 is 4.79 Å². The van der Waals surface area contributed by atoms with Crippen molar-refractivity contribution in [1.82, 2.24) is 10.2 Å². The maximum absolute atomic E-state index is 12.3. The second-order valence-corrected chi connectivity index (χ2v) is 6.89. The fraction of sp³-hybridized carbons (Fsp3) is 0.353. The van der Waals surface area contributed by atoms with Crippen LogP contribution in [0, 0.1) is 5.92 Å². The number of piperidine rings is 1. The number of halogens is 2. The van der Waals surface area contributed by atoms with Gasteiger partial charge < -0.3 is 10.2 Å². The van der Waals surface area contributed by atoms with E-state index >= 15 is 0 Å². The van der Waals surface area contributed by atoms with Crippen molar-refractivity contribution in [3.05, 3.63) is 46.1 Å². The highest BCUT2D eigenvalue weighted by Gasteiger charge is 2.18. The van der Waals surface area contributed by atoms with E-state index < -0.39 is 0 Å². The Hall–Kier alpha value is -1.85. The van der Waals surface area contributed by atoms with Gasteiger partial charge in [0, 0.05) is 18.1 Å². The van der Waals surface area contributed by atoms with Crippen LogP contribution in [-0.2, 0) is 0 Å². The first-order valence-corrected chi connectivity index (χ1v) is 8.63. The molecule has 0 bridgehead atoms. The monoisotopic (exact) mass is 364 g/mol. The lowest BCUT2D eigenvalue weighted by atomic mass is 10.0. The Morgan fingerprint density at radius 1 is 1.25 bits per heavy atom. The molecule has 1 amide bonds. The van der Waals surface area contributed by atoms with E-state index in [4.69, 9.17) is 23.2 Å².